The maximum Gasteiger partial charge on any atom is 0.186 e. The Labute approximate surface area is 128 Å². The summed E-state index contributed by atoms with van der Waals surface area (Å²) < 4.78 is 0. The lowest BCUT2D eigenvalue weighted by molar-refractivity contribution is 0.506. The number of nitrogens with one attached hydrogen (secondary N) is 1. The molecule has 0 aliphatic heterocycles. The quantitative estimate of drug-likeness (QED) is 0.771. The van der Waals surface area contributed by atoms with E-state index in [-0.39, 0.29) is 0 Å². The number of aryl methyl sites for hydroxylation is 1. The number of thiazole rings is 1. The van der Waals surface area contributed by atoms with E-state index in [4.69, 9.17) is 4.98 Å². The lowest BCUT2D eigenvalue weighted by Gasteiger charge is -2.31. The zero-order valence-electron chi connectivity index (χ0n) is 14.2. The van der Waals surface area contributed by atoms with Crippen LogP contribution in [0.15, 0.2) is 0 Å². The number of aromatic nitrogens is 1. The minimum atomic E-state index is 0.379. The van der Waals surface area contributed by atoms with Crippen LogP contribution in [0.1, 0.15) is 64.1 Å². The van der Waals surface area contributed by atoms with Crippen LogP contribution in [-0.2, 0) is 0 Å². The zero-order chi connectivity index (χ0) is 15.3. The Hall–Kier alpha value is -0.610. The van der Waals surface area contributed by atoms with Crippen LogP contribution in [0.25, 0.3) is 0 Å². The van der Waals surface area contributed by atoms with Gasteiger partial charge in [0.15, 0.2) is 5.13 Å². The van der Waals surface area contributed by atoms with Crippen molar-refractivity contribution in [1.82, 2.24) is 10.3 Å². The van der Waals surface area contributed by atoms with Crippen LogP contribution in [0.3, 0.4) is 0 Å². The molecule has 4 heteroatoms. The molecule has 116 valence electrons. The highest BCUT2D eigenvalue weighted by atomic mass is 32.1. The fourth-order valence-corrected chi connectivity index (χ4v) is 3.76. The molecule has 1 aromatic rings. The highest BCUT2D eigenvalue weighted by Crippen LogP contribution is 2.33. The third-order valence-corrected chi connectivity index (χ3v) is 5.22. The lowest BCUT2D eigenvalue weighted by atomic mass is 10.1. The Kier molecular flexibility index (Phi) is 6.96. The second kappa shape index (κ2) is 7.99. The maximum atomic E-state index is 4.85. The van der Waals surface area contributed by atoms with Crippen LogP contribution >= 0.6 is 11.3 Å². The molecule has 0 spiro atoms. The first-order valence-electron chi connectivity index (χ1n) is 7.85. The third kappa shape index (κ3) is 4.19. The smallest absolute Gasteiger partial charge is 0.186 e. The average molecular weight is 298 g/mol. The van der Waals surface area contributed by atoms with Gasteiger partial charge in [0.2, 0.25) is 0 Å². The molecule has 0 aliphatic carbocycles. The van der Waals surface area contributed by atoms with Crippen molar-refractivity contribution in [3.05, 3.63) is 10.6 Å². The van der Waals surface area contributed by atoms with Gasteiger partial charge in [0.05, 0.1) is 5.69 Å². The molecule has 0 saturated heterocycles. The van der Waals surface area contributed by atoms with Gasteiger partial charge in [-0.1, -0.05) is 27.7 Å². The van der Waals surface area contributed by atoms with Crippen molar-refractivity contribution in [2.75, 3.05) is 18.5 Å². The molecule has 0 bridgehead atoms. The molecule has 0 saturated carbocycles. The summed E-state index contributed by atoms with van der Waals surface area (Å²) >= 11 is 1.85. The Morgan fingerprint density at radius 2 is 1.80 bits per heavy atom. The van der Waals surface area contributed by atoms with E-state index < -0.39 is 0 Å². The molecule has 0 aromatic carbocycles. The first-order chi connectivity index (χ1) is 9.44. The van der Waals surface area contributed by atoms with Gasteiger partial charge >= 0.3 is 0 Å². The van der Waals surface area contributed by atoms with Gasteiger partial charge in [-0.3, -0.25) is 0 Å². The van der Waals surface area contributed by atoms with Gasteiger partial charge < -0.3 is 10.2 Å². The largest absolute Gasteiger partial charge is 0.345 e. The second-order valence-corrected chi connectivity index (χ2v) is 6.98. The number of nitrogens with zero attached hydrogens (tertiary/aromatic N) is 2. The summed E-state index contributed by atoms with van der Waals surface area (Å²) in [7, 11) is 2.01. The summed E-state index contributed by atoms with van der Waals surface area (Å²) in [5.74, 6) is 0.657. The molecule has 0 radical (unpaired) electrons. The fourth-order valence-electron chi connectivity index (χ4n) is 2.56. The van der Waals surface area contributed by atoms with Crippen LogP contribution in [0.4, 0.5) is 5.13 Å². The molecule has 1 heterocycles. The fraction of sp³-hybridized carbons (Fsp3) is 0.812. The van der Waals surface area contributed by atoms with Crippen molar-refractivity contribution >= 4 is 16.5 Å². The molecule has 3 nitrogen and oxygen atoms in total. The van der Waals surface area contributed by atoms with Gasteiger partial charge in [-0.05, 0) is 39.7 Å². The van der Waals surface area contributed by atoms with Crippen molar-refractivity contribution in [2.45, 2.75) is 66.5 Å². The van der Waals surface area contributed by atoms with E-state index in [9.17, 15) is 0 Å². The van der Waals surface area contributed by atoms with Gasteiger partial charge in [0.1, 0.15) is 0 Å². The van der Waals surface area contributed by atoms with Gasteiger partial charge in [-0.25, -0.2) is 4.98 Å². The molecule has 0 amide bonds. The van der Waals surface area contributed by atoms with Gasteiger partial charge in [0, 0.05) is 23.5 Å². The highest BCUT2D eigenvalue weighted by Gasteiger charge is 2.22. The summed E-state index contributed by atoms with van der Waals surface area (Å²) in [5, 5.41) is 4.52. The Bertz CT molecular complexity index is 396. The van der Waals surface area contributed by atoms with Crippen LogP contribution in [0.2, 0.25) is 0 Å². The molecule has 0 fully saturated rings. The van der Waals surface area contributed by atoms with E-state index in [0.717, 1.165) is 6.54 Å². The summed E-state index contributed by atoms with van der Waals surface area (Å²) in [4.78, 5) is 8.74. The average Bonchev–Trinajstić information content (AvgIpc) is 2.79. The molecule has 1 atom stereocenters. The molecule has 1 aromatic heterocycles. The number of hydrogen-bond donors (Lipinski definition) is 1. The van der Waals surface area contributed by atoms with Crippen LogP contribution in [0, 0.1) is 12.8 Å². The van der Waals surface area contributed by atoms with Gasteiger partial charge in [0.25, 0.3) is 0 Å². The summed E-state index contributed by atoms with van der Waals surface area (Å²) in [6.45, 7) is 14.5. The molecule has 20 heavy (non-hydrogen) atoms. The lowest BCUT2D eigenvalue weighted by Crippen LogP contribution is -2.37. The van der Waals surface area contributed by atoms with Crippen molar-refractivity contribution in [2.24, 2.45) is 5.92 Å². The van der Waals surface area contributed by atoms with E-state index >= 15 is 0 Å². The van der Waals surface area contributed by atoms with Crippen LogP contribution in [0.5, 0.6) is 0 Å². The number of hydrogen-bond acceptors (Lipinski definition) is 4. The Morgan fingerprint density at radius 3 is 2.25 bits per heavy atom. The predicted octanol–water partition coefficient (Wildman–Crippen LogP) is 4.38. The number of rotatable bonds is 8. The van der Waals surface area contributed by atoms with Crippen LogP contribution in [-0.4, -0.2) is 24.6 Å². The third-order valence-electron chi connectivity index (χ3n) is 3.84. The first kappa shape index (κ1) is 17.4. The SMILES string of the molecule is CCC(CC)N(CC(C)C)c1nc(C)c(C(C)NC)s1. The standard InChI is InChI=1S/C16H31N3S/c1-8-14(9-2)19(10-11(3)4)16-18-13(6)15(20-16)12(5)17-7/h11-12,14,17H,8-10H2,1-7H3. The van der Waals surface area contributed by atoms with E-state index in [2.05, 4.69) is 51.8 Å². The summed E-state index contributed by atoms with van der Waals surface area (Å²) in [6.07, 6.45) is 2.36. The van der Waals surface area contributed by atoms with E-state index in [0.29, 0.717) is 18.0 Å². The van der Waals surface area contributed by atoms with Crippen molar-refractivity contribution in [1.29, 1.82) is 0 Å². The predicted molar refractivity (Wildman–Crippen MR) is 90.9 cm³/mol. The number of anilines is 1. The molecular formula is C16H31N3S. The molecule has 1 rings (SSSR count). The zero-order valence-corrected chi connectivity index (χ0v) is 15.0. The van der Waals surface area contributed by atoms with E-state index in [1.54, 1.807) is 0 Å². The maximum absolute atomic E-state index is 4.85. The monoisotopic (exact) mass is 297 g/mol. The van der Waals surface area contributed by atoms with Gasteiger partial charge in [-0.2, -0.15) is 0 Å². The first-order valence-corrected chi connectivity index (χ1v) is 8.67. The van der Waals surface area contributed by atoms with Crippen molar-refractivity contribution < 1.29 is 0 Å². The van der Waals surface area contributed by atoms with Crippen molar-refractivity contribution in [3.8, 4) is 0 Å². The van der Waals surface area contributed by atoms with Crippen LogP contribution < -0.4 is 10.2 Å². The molecule has 1 N–H and O–H groups in total. The highest BCUT2D eigenvalue weighted by molar-refractivity contribution is 7.15. The minimum absolute atomic E-state index is 0.379. The summed E-state index contributed by atoms with van der Waals surface area (Å²) in [5.41, 5.74) is 1.17. The minimum Gasteiger partial charge on any atom is -0.345 e. The van der Waals surface area contributed by atoms with Crippen molar-refractivity contribution in [3.63, 3.8) is 0 Å². The van der Waals surface area contributed by atoms with E-state index in [1.807, 2.05) is 18.4 Å². The normalized spacial score (nSPS) is 13.2. The molecular weight excluding hydrogens is 266 g/mol. The topological polar surface area (TPSA) is 28.2 Å². The molecule has 0 aliphatic rings. The van der Waals surface area contributed by atoms with E-state index in [1.165, 1.54) is 28.5 Å². The van der Waals surface area contributed by atoms with Gasteiger partial charge in [-0.15, -0.1) is 11.3 Å². The molecule has 1 unspecified atom stereocenters. The second-order valence-electron chi connectivity index (χ2n) is 5.97. The summed E-state index contributed by atoms with van der Waals surface area (Å²) in [6, 6.07) is 0.976. The Balaban J connectivity index is 3.07. The Morgan fingerprint density at radius 1 is 1.20 bits per heavy atom.